The molecule has 0 aliphatic heterocycles. The van der Waals surface area contributed by atoms with Crippen molar-refractivity contribution in [1.29, 1.82) is 0 Å². The Morgan fingerprint density at radius 3 is 2.85 bits per heavy atom. The molecule has 1 aromatic heterocycles. The van der Waals surface area contributed by atoms with Crippen molar-refractivity contribution in [2.24, 2.45) is 5.73 Å². The summed E-state index contributed by atoms with van der Waals surface area (Å²) < 4.78 is 18.4. The monoisotopic (exact) mass is 272 g/mol. The lowest BCUT2D eigenvalue weighted by Gasteiger charge is -2.15. The maximum atomic E-state index is 13.4. The van der Waals surface area contributed by atoms with E-state index in [1.807, 2.05) is 6.92 Å². The van der Waals surface area contributed by atoms with E-state index in [1.165, 1.54) is 12.1 Å². The number of H-pyrrole nitrogens is 1. The molecule has 0 saturated carbocycles. The molecule has 0 radical (unpaired) electrons. The van der Waals surface area contributed by atoms with E-state index in [1.54, 1.807) is 24.3 Å². The van der Waals surface area contributed by atoms with Gasteiger partial charge in [-0.1, -0.05) is 12.1 Å². The highest BCUT2D eigenvalue weighted by Crippen LogP contribution is 2.25. The van der Waals surface area contributed by atoms with E-state index in [0.29, 0.717) is 16.7 Å². The highest BCUT2D eigenvalue weighted by atomic mass is 19.1. The molecule has 4 nitrogen and oxygen atoms in total. The van der Waals surface area contributed by atoms with Gasteiger partial charge in [0.1, 0.15) is 5.82 Å². The summed E-state index contributed by atoms with van der Waals surface area (Å²) in [4.78, 5) is 13.7. The van der Waals surface area contributed by atoms with Crippen molar-refractivity contribution >= 4 is 11.1 Å². The molecule has 2 aromatic carbocycles. The fourth-order valence-electron chi connectivity index (χ4n) is 2.28. The SMILES string of the molecule is Cc1ccc(F)cc1C(N)c1ccc2[nH]c(=O)oc2c1. The molecular weight excluding hydrogens is 259 g/mol. The predicted molar refractivity (Wildman–Crippen MR) is 74.0 cm³/mol. The number of nitrogens with one attached hydrogen (secondary N) is 1. The van der Waals surface area contributed by atoms with Crippen molar-refractivity contribution in [3.63, 3.8) is 0 Å². The molecule has 3 N–H and O–H groups in total. The van der Waals surface area contributed by atoms with Gasteiger partial charge in [-0.15, -0.1) is 0 Å². The molecule has 0 aliphatic rings. The number of hydrogen-bond donors (Lipinski definition) is 2. The molecule has 0 saturated heterocycles. The van der Waals surface area contributed by atoms with Gasteiger partial charge in [0.25, 0.3) is 0 Å². The van der Waals surface area contributed by atoms with E-state index in [0.717, 1.165) is 11.1 Å². The van der Waals surface area contributed by atoms with E-state index in [-0.39, 0.29) is 5.82 Å². The average Bonchev–Trinajstić information content (AvgIpc) is 2.79. The largest absolute Gasteiger partial charge is 0.417 e. The first-order valence-corrected chi connectivity index (χ1v) is 6.19. The Labute approximate surface area is 114 Å². The zero-order valence-corrected chi connectivity index (χ0v) is 10.8. The van der Waals surface area contributed by atoms with Crippen LogP contribution in [-0.4, -0.2) is 4.98 Å². The summed E-state index contributed by atoms with van der Waals surface area (Å²) in [7, 11) is 0. The second kappa shape index (κ2) is 4.61. The van der Waals surface area contributed by atoms with E-state index >= 15 is 0 Å². The first-order valence-electron chi connectivity index (χ1n) is 6.19. The molecule has 1 unspecified atom stereocenters. The molecule has 3 rings (SSSR count). The Bertz CT molecular complexity index is 835. The molecule has 1 heterocycles. The van der Waals surface area contributed by atoms with Gasteiger partial charge in [-0.05, 0) is 47.9 Å². The molecule has 5 heteroatoms. The van der Waals surface area contributed by atoms with Gasteiger partial charge in [0, 0.05) is 0 Å². The quantitative estimate of drug-likeness (QED) is 0.753. The summed E-state index contributed by atoms with van der Waals surface area (Å²) in [5.74, 6) is -0.831. The third-order valence-electron chi connectivity index (χ3n) is 3.38. The van der Waals surface area contributed by atoms with Crippen molar-refractivity contribution in [3.05, 3.63) is 69.5 Å². The molecule has 3 aromatic rings. The van der Waals surface area contributed by atoms with Gasteiger partial charge in [-0.25, -0.2) is 9.18 Å². The number of aryl methyl sites for hydroxylation is 1. The topological polar surface area (TPSA) is 72.0 Å². The number of aromatic amines is 1. The summed E-state index contributed by atoms with van der Waals surface area (Å²) in [6.45, 7) is 1.88. The maximum Gasteiger partial charge on any atom is 0.417 e. The predicted octanol–water partition coefficient (Wildman–Crippen LogP) is 2.62. The third-order valence-corrected chi connectivity index (χ3v) is 3.38. The number of fused-ring (bicyclic) bond motifs is 1. The molecule has 0 bridgehead atoms. The van der Waals surface area contributed by atoms with Crippen LogP contribution >= 0.6 is 0 Å². The summed E-state index contributed by atoms with van der Waals surface area (Å²) in [6, 6.07) is 9.27. The van der Waals surface area contributed by atoms with Crippen LogP contribution in [0.25, 0.3) is 11.1 Å². The Balaban J connectivity index is 2.09. The van der Waals surface area contributed by atoms with Crippen molar-refractivity contribution in [3.8, 4) is 0 Å². The number of hydrogen-bond acceptors (Lipinski definition) is 3. The number of aromatic nitrogens is 1. The fourth-order valence-corrected chi connectivity index (χ4v) is 2.28. The zero-order chi connectivity index (χ0) is 14.3. The lowest BCUT2D eigenvalue weighted by Crippen LogP contribution is -2.13. The molecular formula is C15H13FN2O2. The molecule has 20 heavy (non-hydrogen) atoms. The van der Waals surface area contributed by atoms with E-state index in [2.05, 4.69) is 4.98 Å². The maximum absolute atomic E-state index is 13.4. The van der Waals surface area contributed by atoms with Crippen LogP contribution in [0.4, 0.5) is 4.39 Å². The second-order valence-electron chi connectivity index (χ2n) is 4.75. The van der Waals surface area contributed by atoms with Crippen molar-refractivity contribution in [2.45, 2.75) is 13.0 Å². The van der Waals surface area contributed by atoms with Crippen LogP contribution in [-0.2, 0) is 0 Å². The Hall–Kier alpha value is -2.40. The standard InChI is InChI=1S/C15H13FN2O2/c1-8-2-4-10(16)7-11(8)14(17)9-3-5-12-13(6-9)20-15(19)18-12/h2-7,14H,17H2,1H3,(H,18,19). The zero-order valence-electron chi connectivity index (χ0n) is 10.8. The first kappa shape index (κ1) is 12.6. The number of oxazole rings is 1. The van der Waals surface area contributed by atoms with Crippen molar-refractivity contribution < 1.29 is 8.81 Å². The summed E-state index contributed by atoms with van der Waals surface area (Å²) in [5.41, 5.74) is 9.62. The summed E-state index contributed by atoms with van der Waals surface area (Å²) in [6.07, 6.45) is 0. The van der Waals surface area contributed by atoms with Crippen LogP contribution in [0.1, 0.15) is 22.7 Å². The second-order valence-corrected chi connectivity index (χ2v) is 4.75. The summed E-state index contributed by atoms with van der Waals surface area (Å²) >= 11 is 0. The van der Waals surface area contributed by atoms with Crippen LogP contribution in [0.3, 0.4) is 0 Å². The Morgan fingerprint density at radius 1 is 1.25 bits per heavy atom. The smallest absolute Gasteiger partial charge is 0.408 e. The number of halogens is 1. The third kappa shape index (κ3) is 2.12. The lowest BCUT2D eigenvalue weighted by atomic mass is 9.95. The van der Waals surface area contributed by atoms with Crippen LogP contribution in [0.2, 0.25) is 0 Å². The number of nitrogens with two attached hydrogens (primary N) is 1. The van der Waals surface area contributed by atoms with Crippen LogP contribution in [0.5, 0.6) is 0 Å². The van der Waals surface area contributed by atoms with Crippen LogP contribution in [0, 0.1) is 12.7 Å². The van der Waals surface area contributed by atoms with Gasteiger partial charge in [0.2, 0.25) is 0 Å². The molecule has 0 fully saturated rings. The summed E-state index contributed by atoms with van der Waals surface area (Å²) in [5, 5.41) is 0. The van der Waals surface area contributed by atoms with Gasteiger partial charge in [-0.2, -0.15) is 0 Å². The fraction of sp³-hybridized carbons (Fsp3) is 0.133. The van der Waals surface area contributed by atoms with Crippen molar-refractivity contribution in [1.82, 2.24) is 4.98 Å². The van der Waals surface area contributed by atoms with Gasteiger partial charge in [0.15, 0.2) is 5.58 Å². The molecule has 0 amide bonds. The Morgan fingerprint density at radius 2 is 2.05 bits per heavy atom. The Kier molecular flexibility index (Phi) is 2.91. The first-order chi connectivity index (χ1) is 9.54. The van der Waals surface area contributed by atoms with E-state index in [4.69, 9.17) is 10.2 Å². The van der Waals surface area contributed by atoms with Gasteiger partial charge in [0.05, 0.1) is 11.6 Å². The van der Waals surface area contributed by atoms with Gasteiger partial charge in [-0.3, -0.25) is 4.98 Å². The van der Waals surface area contributed by atoms with Gasteiger partial charge < -0.3 is 10.2 Å². The molecule has 0 spiro atoms. The molecule has 102 valence electrons. The number of rotatable bonds is 2. The number of benzene rings is 2. The van der Waals surface area contributed by atoms with E-state index in [9.17, 15) is 9.18 Å². The highest BCUT2D eigenvalue weighted by Gasteiger charge is 2.14. The van der Waals surface area contributed by atoms with Gasteiger partial charge >= 0.3 is 5.76 Å². The lowest BCUT2D eigenvalue weighted by molar-refractivity contribution is 0.555. The van der Waals surface area contributed by atoms with Crippen LogP contribution in [0.15, 0.2) is 45.6 Å². The average molecular weight is 272 g/mol. The van der Waals surface area contributed by atoms with Crippen molar-refractivity contribution in [2.75, 3.05) is 0 Å². The minimum Gasteiger partial charge on any atom is -0.408 e. The minimum absolute atomic E-state index is 0.324. The minimum atomic E-state index is -0.507. The normalized spacial score (nSPS) is 12.8. The molecule has 0 aliphatic carbocycles. The van der Waals surface area contributed by atoms with E-state index < -0.39 is 11.8 Å². The molecule has 1 atom stereocenters. The highest BCUT2D eigenvalue weighted by molar-refractivity contribution is 5.73. The van der Waals surface area contributed by atoms with Crippen LogP contribution < -0.4 is 11.5 Å².